The second-order valence-corrected chi connectivity index (χ2v) is 7.93. The van der Waals surface area contributed by atoms with E-state index in [1.54, 1.807) is 6.92 Å². The Hall–Kier alpha value is -1.88. The monoisotopic (exact) mass is 373 g/mol. The number of carbonyl (C=O) groups is 2. The molecule has 1 aliphatic heterocycles. The van der Waals surface area contributed by atoms with Crippen LogP contribution in [0.15, 0.2) is 30.3 Å². The average Bonchev–Trinajstić information content (AvgIpc) is 2.65. The molecule has 1 fully saturated rings. The van der Waals surface area contributed by atoms with Crippen molar-refractivity contribution < 1.29 is 9.59 Å². The molecule has 1 heterocycles. The van der Waals surface area contributed by atoms with E-state index in [2.05, 4.69) is 35.2 Å². The van der Waals surface area contributed by atoms with Crippen molar-refractivity contribution in [3.63, 3.8) is 0 Å². The first-order chi connectivity index (χ1) is 13.0. The fourth-order valence-corrected chi connectivity index (χ4v) is 3.73. The van der Waals surface area contributed by atoms with Gasteiger partial charge < -0.3 is 14.7 Å². The first-order valence-corrected chi connectivity index (χ1v) is 10.2. The van der Waals surface area contributed by atoms with Crippen LogP contribution in [0.2, 0.25) is 0 Å². The molecular formula is C22H35N3O2. The van der Waals surface area contributed by atoms with Crippen LogP contribution in [0.25, 0.3) is 0 Å². The number of benzene rings is 1. The highest BCUT2D eigenvalue weighted by Crippen LogP contribution is 2.22. The molecular weight excluding hydrogens is 338 g/mol. The number of likely N-dealkylation sites (tertiary alicyclic amines) is 1. The van der Waals surface area contributed by atoms with Gasteiger partial charge in [0.25, 0.3) is 0 Å². The van der Waals surface area contributed by atoms with Crippen LogP contribution in [0, 0.1) is 5.92 Å². The molecule has 150 valence electrons. The van der Waals surface area contributed by atoms with Gasteiger partial charge in [0.15, 0.2) is 0 Å². The lowest BCUT2D eigenvalue weighted by atomic mass is 9.90. The molecule has 5 heteroatoms. The zero-order valence-electron chi connectivity index (χ0n) is 17.2. The minimum Gasteiger partial charge on any atom is -0.343 e. The third kappa shape index (κ3) is 7.71. The molecule has 1 aromatic carbocycles. The standard InChI is InChI=1S/C22H35N3O2/c1-19(26)24(14-7-13-23(2)3)17-12-22(27)25-15-10-21(11-16-25)18-20-8-5-4-6-9-20/h4-6,8-9,21H,7,10-18H2,1-3H3. The van der Waals surface area contributed by atoms with Gasteiger partial charge in [-0.1, -0.05) is 30.3 Å². The van der Waals surface area contributed by atoms with Crippen LogP contribution in [0.3, 0.4) is 0 Å². The summed E-state index contributed by atoms with van der Waals surface area (Å²) in [6.07, 6.45) is 4.61. The minimum atomic E-state index is 0.0584. The predicted octanol–water partition coefficient (Wildman–Crippen LogP) is 2.66. The van der Waals surface area contributed by atoms with Gasteiger partial charge in [-0.3, -0.25) is 9.59 Å². The lowest BCUT2D eigenvalue weighted by Gasteiger charge is -2.33. The van der Waals surface area contributed by atoms with E-state index in [9.17, 15) is 9.59 Å². The van der Waals surface area contributed by atoms with Crippen molar-refractivity contribution in [2.24, 2.45) is 5.92 Å². The maximum atomic E-state index is 12.6. The summed E-state index contributed by atoms with van der Waals surface area (Å²) in [5.74, 6) is 0.909. The van der Waals surface area contributed by atoms with Gasteiger partial charge in [0.05, 0.1) is 0 Å². The Morgan fingerprint density at radius 3 is 2.30 bits per heavy atom. The molecule has 1 aliphatic rings. The van der Waals surface area contributed by atoms with Crippen molar-refractivity contribution in [3.05, 3.63) is 35.9 Å². The summed E-state index contributed by atoms with van der Waals surface area (Å²) in [4.78, 5) is 30.3. The Kier molecular flexibility index (Phi) is 8.79. The zero-order valence-corrected chi connectivity index (χ0v) is 17.2. The molecule has 2 amide bonds. The lowest BCUT2D eigenvalue weighted by molar-refractivity contribution is -0.134. The molecule has 0 atom stereocenters. The number of hydrogen-bond donors (Lipinski definition) is 0. The van der Waals surface area contributed by atoms with E-state index in [1.807, 2.05) is 23.9 Å². The quantitative estimate of drug-likeness (QED) is 0.668. The van der Waals surface area contributed by atoms with E-state index in [0.29, 0.717) is 18.9 Å². The van der Waals surface area contributed by atoms with Crippen molar-refractivity contribution >= 4 is 11.8 Å². The smallest absolute Gasteiger partial charge is 0.224 e. The van der Waals surface area contributed by atoms with Crippen molar-refractivity contribution in [1.29, 1.82) is 0 Å². The van der Waals surface area contributed by atoms with Gasteiger partial charge in [0, 0.05) is 39.5 Å². The van der Waals surface area contributed by atoms with Crippen molar-refractivity contribution in [3.8, 4) is 0 Å². The van der Waals surface area contributed by atoms with Gasteiger partial charge in [-0.05, 0) is 57.8 Å². The summed E-state index contributed by atoms with van der Waals surface area (Å²) < 4.78 is 0. The minimum absolute atomic E-state index is 0.0584. The van der Waals surface area contributed by atoms with Crippen LogP contribution in [0.1, 0.15) is 38.2 Å². The Balaban J connectivity index is 1.70. The third-order valence-electron chi connectivity index (χ3n) is 5.41. The maximum absolute atomic E-state index is 12.6. The van der Waals surface area contributed by atoms with Gasteiger partial charge >= 0.3 is 0 Å². The Bertz CT molecular complexity index is 580. The van der Waals surface area contributed by atoms with E-state index >= 15 is 0 Å². The van der Waals surface area contributed by atoms with Gasteiger partial charge in [-0.15, -0.1) is 0 Å². The molecule has 1 aromatic rings. The van der Waals surface area contributed by atoms with Gasteiger partial charge in [-0.25, -0.2) is 0 Å². The first-order valence-electron chi connectivity index (χ1n) is 10.2. The van der Waals surface area contributed by atoms with Crippen LogP contribution in [0.5, 0.6) is 0 Å². The number of hydrogen-bond acceptors (Lipinski definition) is 3. The highest BCUT2D eigenvalue weighted by molar-refractivity contribution is 5.78. The Morgan fingerprint density at radius 2 is 1.70 bits per heavy atom. The predicted molar refractivity (Wildman–Crippen MR) is 109 cm³/mol. The second kappa shape index (κ2) is 11.1. The van der Waals surface area contributed by atoms with E-state index < -0.39 is 0 Å². The van der Waals surface area contributed by atoms with Gasteiger partial charge in [0.1, 0.15) is 0 Å². The van der Waals surface area contributed by atoms with Gasteiger partial charge in [-0.2, -0.15) is 0 Å². The summed E-state index contributed by atoms with van der Waals surface area (Å²) >= 11 is 0. The molecule has 0 radical (unpaired) electrons. The highest BCUT2D eigenvalue weighted by atomic mass is 16.2. The van der Waals surface area contributed by atoms with Crippen molar-refractivity contribution in [2.45, 2.75) is 39.0 Å². The van der Waals surface area contributed by atoms with E-state index in [4.69, 9.17) is 0 Å². The molecule has 0 spiro atoms. The Labute approximate surface area is 164 Å². The summed E-state index contributed by atoms with van der Waals surface area (Å²) in [6.45, 7) is 5.49. The molecule has 0 unspecified atom stereocenters. The average molecular weight is 374 g/mol. The second-order valence-electron chi connectivity index (χ2n) is 7.93. The number of carbonyl (C=O) groups excluding carboxylic acids is 2. The van der Waals surface area contributed by atoms with Crippen molar-refractivity contribution in [2.75, 3.05) is 46.8 Å². The number of nitrogens with zero attached hydrogens (tertiary/aromatic N) is 3. The lowest BCUT2D eigenvalue weighted by Crippen LogP contribution is -2.41. The molecule has 0 bridgehead atoms. The van der Waals surface area contributed by atoms with Crippen LogP contribution < -0.4 is 0 Å². The largest absolute Gasteiger partial charge is 0.343 e. The summed E-state index contributed by atoms with van der Waals surface area (Å²) in [5, 5.41) is 0. The molecule has 0 saturated carbocycles. The number of rotatable bonds is 9. The number of piperidine rings is 1. The SMILES string of the molecule is CC(=O)N(CCCN(C)C)CCC(=O)N1CCC(Cc2ccccc2)CC1. The molecule has 0 N–H and O–H groups in total. The number of amides is 2. The molecule has 27 heavy (non-hydrogen) atoms. The van der Waals surface area contributed by atoms with E-state index in [0.717, 1.165) is 51.9 Å². The zero-order chi connectivity index (χ0) is 19.6. The maximum Gasteiger partial charge on any atom is 0.224 e. The van der Waals surface area contributed by atoms with Crippen molar-refractivity contribution in [1.82, 2.24) is 14.7 Å². The highest BCUT2D eigenvalue weighted by Gasteiger charge is 2.23. The van der Waals surface area contributed by atoms with Crippen LogP contribution in [-0.4, -0.2) is 73.3 Å². The van der Waals surface area contributed by atoms with E-state index in [1.165, 1.54) is 5.56 Å². The molecule has 2 rings (SSSR count). The van der Waals surface area contributed by atoms with Crippen LogP contribution >= 0.6 is 0 Å². The van der Waals surface area contributed by atoms with E-state index in [-0.39, 0.29) is 11.8 Å². The first kappa shape index (κ1) is 21.4. The molecule has 0 aromatic heterocycles. The fourth-order valence-electron chi connectivity index (χ4n) is 3.73. The van der Waals surface area contributed by atoms with Crippen LogP contribution in [0.4, 0.5) is 0 Å². The summed E-state index contributed by atoms with van der Waals surface area (Å²) in [5.41, 5.74) is 1.39. The summed E-state index contributed by atoms with van der Waals surface area (Å²) in [7, 11) is 4.06. The normalized spacial score (nSPS) is 15.2. The topological polar surface area (TPSA) is 43.9 Å². The molecule has 5 nitrogen and oxygen atoms in total. The molecule has 1 saturated heterocycles. The Morgan fingerprint density at radius 1 is 1.04 bits per heavy atom. The third-order valence-corrected chi connectivity index (χ3v) is 5.41. The van der Waals surface area contributed by atoms with Crippen LogP contribution in [-0.2, 0) is 16.0 Å². The molecule has 0 aliphatic carbocycles. The fraction of sp³-hybridized carbons (Fsp3) is 0.636. The van der Waals surface area contributed by atoms with Gasteiger partial charge in [0.2, 0.25) is 11.8 Å². The summed E-state index contributed by atoms with van der Waals surface area (Å²) in [6, 6.07) is 10.6.